The number of aliphatic hydroxyl groups excluding tert-OH is 1. The number of hydrogen-bond acceptors (Lipinski definition) is 6. The van der Waals surface area contributed by atoms with Crippen molar-refractivity contribution in [3.8, 4) is 0 Å². The number of anilines is 2. The summed E-state index contributed by atoms with van der Waals surface area (Å²) in [6.07, 6.45) is 1.42. The Bertz CT molecular complexity index is 968. The molecule has 0 unspecified atom stereocenters. The van der Waals surface area contributed by atoms with Crippen LogP contribution in [-0.2, 0) is 21.4 Å². The molecule has 0 saturated heterocycles. The van der Waals surface area contributed by atoms with Gasteiger partial charge in [0.25, 0.3) is 5.91 Å². The molecule has 1 amide bonds. The Morgan fingerprint density at radius 2 is 1.84 bits per heavy atom. The van der Waals surface area contributed by atoms with E-state index in [0.717, 1.165) is 0 Å². The minimum absolute atomic E-state index is 0.0381. The van der Waals surface area contributed by atoms with Crippen LogP contribution in [0, 0.1) is 0 Å². The zero-order chi connectivity index (χ0) is 18.2. The van der Waals surface area contributed by atoms with Crippen LogP contribution in [0.2, 0.25) is 0 Å². The van der Waals surface area contributed by atoms with Gasteiger partial charge in [0.05, 0.1) is 22.8 Å². The molecule has 130 valence electrons. The second kappa shape index (κ2) is 6.30. The van der Waals surface area contributed by atoms with Crippen molar-refractivity contribution in [1.82, 2.24) is 0 Å². The van der Waals surface area contributed by atoms with Gasteiger partial charge in [-0.2, -0.15) is 0 Å². The van der Waals surface area contributed by atoms with Gasteiger partial charge in [-0.1, -0.05) is 12.1 Å². The number of carbonyl (C=O) groups excluding carboxylic acids is 1. The van der Waals surface area contributed by atoms with Crippen molar-refractivity contribution < 1.29 is 18.3 Å². The Balaban J connectivity index is 1.98. The number of rotatable bonds is 4. The molecule has 2 aromatic rings. The number of nitrogens with two attached hydrogens (primary N) is 2. The highest BCUT2D eigenvalue weighted by molar-refractivity contribution is 7.89. The van der Waals surface area contributed by atoms with Crippen LogP contribution in [0.1, 0.15) is 11.1 Å². The first-order valence-corrected chi connectivity index (χ1v) is 8.79. The molecule has 1 aliphatic heterocycles. The number of sulfonamides is 1. The van der Waals surface area contributed by atoms with Crippen molar-refractivity contribution in [2.75, 3.05) is 10.3 Å². The minimum atomic E-state index is -3.79. The van der Waals surface area contributed by atoms with E-state index in [1.807, 2.05) is 0 Å². The molecule has 0 aromatic heterocycles. The summed E-state index contributed by atoms with van der Waals surface area (Å²) < 4.78 is 22.6. The predicted octanol–water partition coefficient (Wildman–Crippen LogP) is 0.500. The number of aliphatic hydroxyl groups is 1. The Morgan fingerprint density at radius 1 is 1.16 bits per heavy atom. The molecule has 0 radical (unpaired) electrons. The predicted molar refractivity (Wildman–Crippen MR) is 93.5 cm³/mol. The van der Waals surface area contributed by atoms with E-state index >= 15 is 0 Å². The van der Waals surface area contributed by atoms with Crippen molar-refractivity contribution in [3.05, 3.63) is 59.8 Å². The van der Waals surface area contributed by atoms with E-state index in [0.29, 0.717) is 28.1 Å². The van der Waals surface area contributed by atoms with Crippen molar-refractivity contribution in [2.24, 2.45) is 11.0 Å². The highest BCUT2D eigenvalue weighted by Crippen LogP contribution is 2.35. The lowest BCUT2D eigenvalue weighted by atomic mass is 10.0. The molecular formula is C16H16N4O4S. The maximum absolute atomic E-state index is 12.2. The molecule has 1 aliphatic rings. The fraction of sp³-hybridized carbons (Fsp3) is 0.0625. The first-order chi connectivity index (χ1) is 11.8. The largest absolute Gasteiger partial charge is 0.392 e. The number of hydrogen-bond donors (Lipinski definition) is 4. The molecule has 25 heavy (non-hydrogen) atoms. The summed E-state index contributed by atoms with van der Waals surface area (Å²) in [5, 5.41) is 18.5. The second-order valence-corrected chi connectivity index (χ2v) is 7.00. The lowest BCUT2D eigenvalue weighted by Crippen LogP contribution is -2.25. The fourth-order valence-corrected chi connectivity index (χ4v) is 3.12. The molecule has 6 N–H and O–H groups in total. The molecule has 0 saturated carbocycles. The summed E-state index contributed by atoms with van der Waals surface area (Å²) in [7, 11) is -3.79. The van der Waals surface area contributed by atoms with Gasteiger partial charge in [-0.15, -0.1) is 0 Å². The van der Waals surface area contributed by atoms with Crippen LogP contribution >= 0.6 is 0 Å². The average molecular weight is 360 g/mol. The van der Waals surface area contributed by atoms with Crippen molar-refractivity contribution in [2.45, 2.75) is 11.5 Å². The second-order valence-electron chi connectivity index (χ2n) is 5.44. The lowest BCUT2D eigenvalue weighted by molar-refractivity contribution is -0.110. The Hall–Kier alpha value is -2.72. The van der Waals surface area contributed by atoms with Gasteiger partial charge in [-0.25, -0.2) is 19.4 Å². The van der Waals surface area contributed by atoms with Crippen molar-refractivity contribution in [1.29, 1.82) is 0 Å². The fourth-order valence-electron chi connectivity index (χ4n) is 2.60. The van der Waals surface area contributed by atoms with E-state index in [1.165, 1.54) is 35.5 Å². The highest BCUT2D eigenvalue weighted by atomic mass is 32.2. The molecular weight excluding hydrogens is 344 g/mol. The van der Waals surface area contributed by atoms with Gasteiger partial charge in [0.2, 0.25) is 10.0 Å². The van der Waals surface area contributed by atoms with E-state index in [1.54, 1.807) is 18.2 Å². The minimum Gasteiger partial charge on any atom is -0.392 e. The molecule has 0 spiro atoms. The van der Waals surface area contributed by atoms with Gasteiger partial charge < -0.3 is 10.4 Å². The number of amides is 1. The number of nitrogens with one attached hydrogen (secondary N) is 1. The molecule has 1 heterocycles. The highest BCUT2D eigenvalue weighted by Gasteiger charge is 2.27. The standard InChI is InChI=1S/C16H16N4O4S/c17-20(11-4-6-12(7-5-11)25(18,23)24)8-13-15-10(9-21)2-1-3-14(15)19-16(13)22/h1-8,21H,9,17H2,(H,19,22)(H2,18,23,24)/b13-8-. The monoisotopic (exact) mass is 360 g/mol. The van der Waals surface area contributed by atoms with Gasteiger partial charge in [-0.05, 0) is 35.9 Å². The van der Waals surface area contributed by atoms with E-state index < -0.39 is 10.0 Å². The van der Waals surface area contributed by atoms with Gasteiger partial charge in [0, 0.05) is 17.5 Å². The lowest BCUT2D eigenvalue weighted by Gasteiger charge is -2.15. The molecule has 0 aliphatic carbocycles. The number of hydrazine groups is 1. The van der Waals surface area contributed by atoms with E-state index in [2.05, 4.69) is 5.32 Å². The number of primary sulfonamides is 1. The summed E-state index contributed by atoms with van der Waals surface area (Å²) in [4.78, 5) is 12.2. The number of fused-ring (bicyclic) bond motifs is 1. The molecule has 0 bridgehead atoms. The first kappa shape index (κ1) is 17.1. The van der Waals surface area contributed by atoms with Crippen LogP contribution in [0.5, 0.6) is 0 Å². The third-order valence-electron chi connectivity index (χ3n) is 3.81. The summed E-state index contributed by atoms with van der Waals surface area (Å²) in [6.45, 7) is -0.219. The number of nitrogens with zero attached hydrogens (tertiary/aromatic N) is 1. The van der Waals surface area contributed by atoms with Crippen LogP contribution in [0.25, 0.3) is 5.57 Å². The average Bonchev–Trinajstić information content (AvgIpc) is 2.89. The van der Waals surface area contributed by atoms with E-state index in [9.17, 15) is 18.3 Å². The Kier molecular flexibility index (Phi) is 4.31. The Labute approximate surface area is 144 Å². The van der Waals surface area contributed by atoms with Gasteiger partial charge in [0.1, 0.15) is 0 Å². The molecule has 9 heteroatoms. The number of benzene rings is 2. The zero-order valence-electron chi connectivity index (χ0n) is 13.0. The summed E-state index contributed by atoms with van der Waals surface area (Å²) in [5.41, 5.74) is 2.55. The van der Waals surface area contributed by atoms with Crippen molar-refractivity contribution >= 4 is 32.9 Å². The maximum atomic E-state index is 12.2. The smallest absolute Gasteiger partial charge is 0.257 e. The van der Waals surface area contributed by atoms with Crippen LogP contribution in [0.3, 0.4) is 0 Å². The van der Waals surface area contributed by atoms with Crippen LogP contribution in [0.4, 0.5) is 11.4 Å². The van der Waals surface area contributed by atoms with Crippen molar-refractivity contribution in [3.63, 3.8) is 0 Å². The normalized spacial score (nSPS) is 15.2. The Morgan fingerprint density at radius 3 is 2.44 bits per heavy atom. The molecule has 2 aromatic carbocycles. The molecule has 8 nitrogen and oxygen atoms in total. The third kappa shape index (κ3) is 3.26. The summed E-state index contributed by atoms with van der Waals surface area (Å²) >= 11 is 0. The SMILES string of the molecule is NN(/C=C1\C(=O)Nc2cccc(CO)c21)c1ccc(S(N)(=O)=O)cc1. The van der Waals surface area contributed by atoms with Crippen LogP contribution in [-0.4, -0.2) is 19.4 Å². The topological polar surface area (TPSA) is 139 Å². The van der Waals surface area contributed by atoms with Crippen LogP contribution in [0.15, 0.2) is 53.6 Å². The van der Waals surface area contributed by atoms with Gasteiger partial charge in [0.15, 0.2) is 0 Å². The van der Waals surface area contributed by atoms with E-state index in [-0.39, 0.29) is 17.4 Å². The molecule has 3 rings (SSSR count). The third-order valence-corrected chi connectivity index (χ3v) is 4.74. The molecule has 0 fully saturated rings. The van der Waals surface area contributed by atoms with Gasteiger partial charge >= 0.3 is 0 Å². The maximum Gasteiger partial charge on any atom is 0.257 e. The van der Waals surface area contributed by atoms with E-state index in [4.69, 9.17) is 11.0 Å². The quantitative estimate of drug-likeness (QED) is 0.356. The summed E-state index contributed by atoms with van der Waals surface area (Å²) in [6, 6.07) is 10.8. The van der Waals surface area contributed by atoms with Gasteiger partial charge in [-0.3, -0.25) is 9.80 Å². The summed E-state index contributed by atoms with van der Waals surface area (Å²) in [5.74, 6) is 5.64. The number of carbonyl (C=O) groups is 1. The first-order valence-electron chi connectivity index (χ1n) is 7.24. The molecule has 0 atom stereocenters. The van der Waals surface area contributed by atoms with Crippen LogP contribution < -0.4 is 21.3 Å². The zero-order valence-corrected chi connectivity index (χ0v) is 13.8.